The van der Waals surface area contributed by atoms with Gasteiger partial charge in [0.15, 0.2) is 10.5 Å². The number of non-ortho nitro benzene ring substituents is 1. The first-order valence-electron chi connectivity index (χ1n) is 10.1. The topological polar surface area (TPSA) is 95.8 Å². The smallest absolute Gasteiger partial charge is 0.269 e. The second-order valence-electron chi connectivity index (χ2n) is 8.31. The molecule has 2 aromatic rings. The van der Waals surface area contributed by atoms with Crippen molar-refractivity contribution in [2.45, 2.75) is 31.3 Å². The molecule has 1 spiro atoms. The van der Waals surface area contributed by atoms with Crippen molar-refractivity contribution in [3.8, 4) is 0 Å². The average Bonchev–Trinajstić information content (AvgIpc) is 3.57. The number of nitrogens with zero attached hydrogens (tertiary/aromatic N) is 3. The molecule has 2 amide bonds. The molecule has 2 heterocycles. The van der Waals surface area contributed by atoms with E-state index in [0.29, 0.717) is 5.56 Å². The van der Waals surface area contributed by atoms with Gasteiger partial charge in [-0.15, -0.1) is 0 Å². The van der Waals surface area contributed by atoms with Gasteiger partial charge in [0.05, 0.1) is 11.0 Å². The first kappa shape index (κ1) is 19.6. The van der Waals surface area contributed by atoms with Crippen molar-refractivity contribution >= 4 is 40.5 Å². The number of thiocarbonyl (C=S) groups is 1. The number of carbonyl (C=O) groups excluding carboxylic acids is 2. The van der Waals surface area contributed by atoms with Crippen LogP contribution in [0.4, 0.5) is 11.4 Å². The Hall–Kier alpha value is -3.33. The monoisotopic (exact) mass is 436 g/mol. The summed E-state index contributed by atoms with van der Waals surface area (Å²) in [5, 5.41) is 14.3. The number of nitrogens with one attached hydrogen (secondary N) is 1. The first-order chi connectivity index (χ1) is 14.8. The largest absolute Gasteiger partial charge is 0.366 e. The third-order valence-corrected chi connectivity index (χ3v) is 6.75. The lowest BCUT2D eigenvalue weighted by Gasteiger charge is -2.51. The molecular weight excluding hydrogens is 416 g/mol. The minimum atomic E-state index is -1.48. The fourth-order valence-corrected chi connectivity index (χ4v) is 5.24. The number of hydrogen-bond acceptors (Lipinski definition) is 6. The molecule has 2 aliphatic heterocycles. The van der Waals surface area contributed by atoms with E-state index in [9.17, 15) is 19.7 Å². The summed E-state index contributed by atoms with van der Waals surface area (Å²) in [5.74, 6) is -0.793. The van der Waals surface area contributed by atoms with E-state index >= 15 is 0 Å². The van der Waals surface area contributed by atoms with E-state index in [2.05, 4.69) is 5.32 Å². The van der Waals surface area contributed by atoms with Crippen molar-refractivity contribution in [1.29, 1.82) is 0 Å². The SMILES string of the molecule is CN1c2ccc([N+](=O)[O-])cc2C[C@@]2(C(=O)NC(=S)N(C3CC3)C2=O)[C@H]1c1ccccc1. The van der Waals surface area contributed by atoms with Gasteiger partial charge in [-0.2, -0.15) is 0 Å². The molecule has 8 nitrogen and oxygen atoms in total. The second kappa shape index (κ2) is 6.84. The Balaban J connectivity index is 1.73. The van der Waals surface area contributed by atoms with Crippen molar-refractivity contribution in [3.63, 3.8) is 0 Å². The van der Waals surface area contributed by atoms with Crippen LogP contribution in [0.25, 0.3) is 0 Å². The Bertz CT molecular complexity index is 1130. The molecule has 2 fully saturated rings. The number of amides is 2. The van der Waals surface area contributed by atoms with Crippen LogP contribution in [0.2, 0.25) is 0 Å². The number of hydrogen-bond donors (Lipinski definition) is 1. The summed E-state index contributed by atoms with van der Waals surface area (Å²) in [6.45, 7) is 0. The van der Waals surface area contributed by atoms with Gasteiger partial charge in [0, 0.05) is 37.3 Å². The molecule has 2 atom stereocenters. The van der Waals surface area contributed by atoms with Crippen LogP contribution in [0.15, 0.2) is 48.5 Å². The van der Waals surface area contributed by atoms with E-state index in [4.69, 9.17) is 12.2 Å². The highest BCUT2D eigenvalue weighted by molar-refractivity contribution is 7.80. The Kier molecular flexibility index (Phi) is 4.33. The van der Waals surface area contributed by atoms with E-state index in [1.165, 1.54) is 12.1 Å². The summed E-state index contributed by atoms with van der Waals surface area (Å²) in [6, 6.07) is 13.4. The standard InChI is InChI=1S/C22H20N4O4S/c1-24-17-10-9-16(26(29)30)11-14(17)12-22(18(24)13-5-3-2-4-6-13)19(27)23-21(31)25(20(22)28)15-7-8-15/h2-6,9-11,15,18H,7-8,12H2,1H3,(H,23,27,31)/t18-,22+/m1/s1. The van der Waals surface area contributed by atoms with Gasteiger partial charge < -0.3 is 10.2 Å². The number of anilines is 1. The maximum Gasteiger partial charge on any atom is 0.269 e. The number of carbonyl (C=O) groups is 2. The summed E-state index contributed by atoms with van der Waals surface area (Å²) in [5.41, 5.74) is 0.621. The van der Waals surface area contributed by atoms with Crippen LogP contribution in [0.5, 0.6) is 0 Å². The van der Waals surface area contributed by atoms with Gasteiger partial charge in [0.2, 0.25) is 11.8 Å². The number of benzene rings is 2. The highest BCUT2D eigenvalue weighted by Gasteiger charge is 2.62. The average molecular weight is 436 g/mol. The summed E-state index contributed by atoms with van der Waals surface area (Å²) in [7, 11) is 1.82. The van der Waals surface area contributed by atoms with Gasteiger partial charge in [0.1, 0.15) is 0 Å². The lowest BCUT2D eigenvalue weighted by Crippen LogP contribution is -2.69. The van der Waals surface area contributed by atoms with E-state index in [1.54, 1.807) is 11.0 Å². The van der Waals surface area contributed by atoms with Crippen LogP contribution in [-0.4, -0.2) is 39.8 Å². The van der Waals surface area contributed by atoms with Gasteiger partial charge in [-0.05, 0) is 42.3 Å². The summed E-state index contributed by atoms with van der Waals surface area (Å²) in [6.07, 6.45) is 1.74. The number of nitro groups is 1. The summed E-state index contributed by atoms with van der Waals surface area (Å²) >= 11 is 5.34. The molecule has 2 aromatic carbocycles. The van der Waals surface area contributed by atoms with Crippen molar-refractivity contribution in [1.82, 2.24) is 10.2 Å². The van der Waals surface area contributed by atoms with E-state index in [-0.39, 0.29) is 29.2 Å². The van der Waals surface area contributed by atoms with Crippen LogP contribution < -0.4 is 10.2 Å². The molecule has 3 aliphatic rings. The molecule has 158 valence electrons. The van der Waals surface area contributed by atoms with E-state index < -0.39 is 22.3 Å². The third kappa shape index (κ3) is 2.83. The molecular formula is C22H20N4O4S. The quantitative estimate of drug-likeness (QED) is 0.344. The minimum absolute atomic E-state index is 0.00860. The van der Waals surface area contributed by atoms with Crippen LogP contribution in [-0.2, 0) is 16.0 Å². The van der Waals surface area contributed by atoms with Crippen LogP contribution in [0.3, 0.4) is 0 Å². The maximum absolute atomic E-state index is 14.0. The number of fused-ring (bicyclic) bond motifs is 1. The predicted molar refractivity (Wildman–Crippen MR) is 117 cm³/mol. The Labute approximate surface area is 184 Å². The Morgan fingerprint density at radius 3 is 2.52 bits per heavy atom. The fraction of sp³-hybridized carbons (Fsp3) is 0.318. The second-order valence-corrected chi connectivity index (χ2v) is 8.69. The van der Waals surface area contributed by atoms with Gasteiger partial charge in [-0.3, -0.25) is 24.6 Å². The summed E-state index contributed by atoms with van der Waals surface area (Å²) in [4.78, 5) is 41.8. The molecule has 31 heavy (non-hydrogen) atoms. The number of nitro benzene ring substituents is 1. The van der Waals surface area contributed by atoms with Gasteiger partial charge in [-0.25, -0.2) is 0 Å². The Morgan fingerprint density at radius 2 is 1.87 bits per heavy atom. The highest BCUT2D eigenvalue weighted by atomic mass is 32.1. The molecule has 1 saturated heterocycles. The van der Waals surface area contributed by atoms with E-state index in [1.807, 2.05) is 42.3 Å². The molecule has 0 radical (unpaired) electrons. The van der Waals surface area contributed by atoms with Crippen molar-refractivity contribution in [3.05, 3.63) is 69.8 Å². The van der Waals surface area contributed by atoms with Gasteiger partial charge in [0.25, 0.3) is 5.69 Å². The highest BCUT2D eigenvalue weighted by Crippen LogP contribution is 2.52. The molecule has 9 heteroatoms. The van der Waals surface area contributed by atoms with E-state index in [0.717, 1.165) is 24.1 Å². The molecule has 1 aliphatic carbocycles. The third-order valence-electron chi connectivity index (χ3n) is 6.45. The fourth-order valence-electron chi connectivity index (χ4n) is 4.92. The Morgan fingerprint density at radius 1 is 1.16 bits per heavy atom. The van der Waals surface area contributed by atoms with Gasteiger partial charge in [-0.1, -0.05) is 30.3 Å². The molecule has 0 bridgehead atoms. The zero-order valence-corrected chi connectivity index (χ0v) is 17.6. The van der Waals surface area contributed by atoms with Gasteiger partial charge >= 0.3 is 0 Å². The normalized spacial score (nSPS) is 25.5. The van der Waals surface area contributed by atoms with Crippen LogP contribution >= 0.6 is 12.2 Å². The van der Waals surface area contributed by atoms with Crippen molar-refractivity contribution in [2.75, 3.05) is 11.9 Å². The van der Waals surface area contributed by atoms with Crippen molar-refractivity contribution in [2.24, 2.45) is 5.41 Å². The molecule has 5 rings (SSSR count). The predicted octanol–water partition coefficient (Wildman–Crippen LogP) is 2.72. The van der Waals surface area contributed by atoms with Crippen LogP contribution in [0.1, 0.15) is 30.0 Å². The lowest BCUT2D eigenvalue weighted by molar-refractivity contribution is -0.384. The molecule has 0 unspecified atom stereocenters. The maximum atomic E-state index is 14.0. The van der Waals surface area contributed by atoms with Crippen LogP contribution in [0, 0.1) is 15.5 Å². The van der Waals surface area contributed by atoms with Crippen molar-refractivity contribution < 1.29 is 14.5 Å². The summed E-state index contributed by atoms with van der Waals surface area (Å²) < 4.78 is 0. The first-order valence-corrected chi connectivity index (χ1v) is 10.5. The minimum Gasteiger partial charge on any atom is -0.366 e. The molecule has 1 saturated carbocycles. The molecule has 1 N–H and O–H groups in total. The molecule has 0 aromatic heterocycles. The number of rotatable bonds is 3. The zero-order chi connectivity index (χ0) is 21.9. The zero-order valence-electron chi connectivity index (χ0n) is 16.8. The lowest BCUT2D eigenvalue weighted by atomic mass is 9.66.